The van der Waals surface area contributed by atoms with Crippen molar-refractivity contribution in [3.63, 3.8) is 0 Å². The fourth-order valence-electron chi connectivity index (χ4n) is 7.76. The van der Waals surface area contributed by atoms with Gasteiger partial charge in [0.1, 0.15) is 30.8 Å². The Morgan fingerprint density at radius 3 is 2.74 bits per heavy atom. The predicted octanol–water partition coefficient (Wildman–Crippen LogP) is 6.31. The van der Waals surface area contributed by atoms with Gasteiger partial charge < -0.3 is 24.8 Å². The van der Waals surface area contributed by atoms with Gasteiger partial charge in [0.25, 0.3) is 0 Å². The quantitative estimate of drug-likeness (QED) is 0.208. The summed E-state index contributed by atoms with van der Waals surface area (Å²) in [5, 5.41) is 6.79. The van der Waals surface area contributed by atoms with Crippen molar-refractivity contribution in [3.05, 3.63) is 59.1 Å². The Morgan fingerprint density at radius 2 is 1.91 bits per heavy atom. The van der Waals surface area contributed by atoms with E-state index in [0.29, 0.717) is 40.3 Å². The molecule has 1 spiro atoms. The number of benzene rings is 2. The smallest absolute Gasteiger partial charge is 0.306 e. The Hall–Kier alpha value is -3.42. The van der Waals surface area contributed by atoms with Crippen molar-refractivity contribution in [2.24, 2.45) is 23.7 Å². The van der Waals surface area contributed by atoms with Gasteiger partial charge in [0, 0.05) is 35.8 Å². The third kappa shape index (κ3) is 6.06. The maximum Gasteiger partial charge on any atom is 0.306 e. The van der Waals surface area contributed by atoms with Crippen LogP contribution in [0.5, 0.6) is 0 Å². The highest BCUT2D eigenvalue weighted by Gasteiger charge is 2.69. The first kappa shape index (κ1) is 32.1. The second-order valence-electron chi connectivity index (χ2n) is 13.4. The number of anilines is 2. The van der Waals surface area contributed by atoms with Gasteiger partial charge in [-0.3, -0.25) is 9.59 Å². The molecule has 1 aromatic heterocycles. The van der Waals surface area contributed by atoms with Crippen LogP contribution in [0.3, 0.4) is 0 Å². The van der Waals surface area contributed by atoms with E-state index < -0.39 is 35.7 Å². The number of carbonyl (C=O) groups is 2. The van der Waals surface area contributed by atoms with Crippen LogP contribution in [0.15, 0.2) is 42.7 Å². The van der Waals surface area contributed by atoms with E-state index in [2.05, 4.69) is 34.4 Å². The number of fused-ring (bicyclic) bond motifs is 3. The molecule has 0 radical (unpaired) electrons. The number of hydrogen-bond donors (Lipinski definition) is 2. The third-order valence-corrected chi connectivity index (χ3v) is 10.6. The maximum absolute atomic E-state index is 13.6. The minimum Gasteiger partial charge on any atom is -0.461 e. The normalized spacial score (nSPS) is 32.7. The first-order chi connectivity index (χ1) is 22.5. The fraction of sp³-hybridized carbons (Fsp3) is 0.529. The number of aromatic nitrogens is 2. The summed E-state index contributed by atoms with van der Waals surface area (Å²) in [4.78, 5) is 46.3. The minimum atomic E-state index is -0.899. The molecule has 250 valence electrons. The first-order valence-electron chi connectivity index (χ1n) is 16.2. The highest BCUT2D eigenvalue weighted by Crippen LogP contribution is 2.60. The summed E-state index contributed by atoms with van der Waals surface area (Å²) in [7, 11) is 0. The summed E-state index contributed by atoms with van der Waals surface area (Å²) in [5.41, 5.74) is 1.23. The molecule has 2 N–H and O–H groups in total. The molecule has 1 saturated carbocycles. The summed E-state index contributed by atoms with van der Waals surface area (Å²) >= 11 is 5.92. The zero-order chi connectivity index (χ0) is 32.9. The van der Waals surface area contributed by atoms with E-state index in [9.17, 15) is 14.0 Å². The van der Waals surface area contributed by atoms with Gasteiger partial charge in [-0.05, 0) is 73.9 Å². The molecule has 1 aliphatic carbocycles. The average molecular weight is 669 g/mol. The number of esters is 1. The van der Waals surface area contributed by atoms with Crippen molar-refractivity contribution in [1.29, 1.82) is 0 Å². The number of hydrogen-bond acceptors (Lipinski definition) is 10. The third-order valence-electron chi connectivity index (χ3n) is 10.3. The lowest BCUT2D eigenvalue weighted by Crippen LogP contribution is -2.71. The predicted molar refractivity (Wildman–Crippen MR) is 168 cm³/mol. The van der Waals surface area contributed by atoms with Crippen LogP contribution in [0, 0.1) is 29.5 Å². The summed E-state index contributed by atoms with van der Waals surface area (Å²) < 4.78 is 31.9. The van der Waals surface area contributed by atoms with E-state index in [4.69, 9.17) is 35.6 Å². The molecular weight excluding hydrogens is 631 g/mol. The maximum atomic E-state index is 13.6. The standard InChI is InChI=1S/C34H38ClFN4O7/c1-18-4-7-24-19(2)31(44-32-34(24)23(18)12-13-33(3,45-32)46-47-34)40-28(41)10-11-29(42)43-16-20-5-9-27-22(14-20)30(38-17-37-27)39-21-6-8-26(36)25(35)15-21/h5-6,8-9,14-15,17-19,23-24,31-32H,4,7,10-13,16H2,1-3H3,(H,40,41)(H,37,38,39)/t18-,19-,23+,24+,31-,32-,33-,34-/m1/s1. The van der Waals surface area contributed by atoms with Crippen LogP contribution in [0.1, 0.15) is 64.9 Å². The van der Waals surface area contributed by atoms with Crippen molar-refractivity contribution in [2.45, 2.75) is 89.8 Å². The molecule has 5 fully saturated rings. The number of nitrogens with one attached hydrogen (secondary N) is 2. The van der Waals surface area contributed by atoms with Gasteiger partial charge in [0.2, 0.25) is 11.7 Å². The molecule has 2 aromatic carbocycles. The van der Waals surface area contributed by atoms with E-state index >= 15 is 0 Å². The number of halogens is 2. The minimum absolute atomic E-state index is 0.000910. The monoisotopic (exact) mass is 668 g/mol. The molecule has 5 heterocycles. The van der Waals surface area contributed by atoms with Crippen LogP contribution < -0.4 is 10.6 Å². The molecule has 8 atom stereocenters. The van der Waals surface area contributed by atoms with Gasteiger partial charge in [-0.15, -0.1) is 0 Å². The molecule has 4 aliphatic heterocycles. The number of ether oxygens (including phenoxy) is 3. The van der Waals surface area contributed by atoms with Crippen molar-refractivity contribution in [2.75, 3.05) is 5.32 Å². The van der Waals surface area contributed by atoms with Gasteiger partial charge in [0.15, 0.2) is 11.9 Å². The summed E-state index contributed by atoms with van der Waals surface area (Å²) in [6.45, 7) is 6.18. The Kier molecular flexibility index (Phi) is 8.58. The second-order valence-corrected chi connectivity index (χ2v) is 13.8. The Bertz CT molecular complexity index is 1700. The van der Waals surface area contributed by atoms with Crippen molar-refractivity contribution >= 4 is 45.9 Å². The van der Waals surface area contributed by atoms with E-state index in [1.807, 2.05) is 13.0 Å². The zero-order valence-electron chi connectivity index (χ0n) is 26.5. The zero-order valence-corrected chi connectivity index (χ0v) is 27.2. The lowest BCUT2D eigenvalue weighted by molar-refractivity contribution is -0.571. The molecule has 2 bridgehead atoms. The number of rotatable bonds is 8. The molecule has 3 aromatic rings. The van der Waals surface area contributed by atoms with Crippen molar-refractivity contribution < 1.29 is 38.0 Å². The molecule has 0 unspecified atom stereocenters. The number of carbonyl (C=O) groups excluding carboxylic acids is 2. The largest absolute Gasteiger partial charge is 0.461 e. The lowest BCUT2D eigenvalue weighted by Gasteiger charge is -2.60. The second kappa shape index (κ2) is 12.6. The Labute approximate surface area is 276 Å². The van der Waals surface area contributed by atoms with Crippen molar-refractivity contribution in [3.8, 4) is 0 Å². The van der Waals surface area contributed by atoms with Crippen LogP contribution in [0.2, 0.25) is 5.02 Å². The highest BCUT2D eigenvalue weighted by molar-refractivity contribution is 6.31. The molecule has 1 amide bonds. The fourth-order valence-corrected chi connectivity index (χ4v) is 7.94. The van der Waals surface area contributed by atoms with Gasteiger partial charge >= 0.3 is 5.97 Å². The van der Waals surface area contributed by atoms with Crippen LogP contribution in [-0.4, -0.2) is 45.8 Å². The molecule has 47 heavy (non-hydrogen) atoms. The summed E-state index contributed by atoms with van der Waals surface area (Å²) in [6, 6.07) is 9.69. The molecular formula is C34H38ClFN4O7. The van der Waals surface area contributed by atoms with Crippen LogP contribution in [-0.2, 0) is 40.2 Å². The first-order valence-corrected chi connectivity index (χ1v) is 16.5. The van der Waals surface area contributed by atoms with Gasteiger partial charge in [-0.1, -0.05) is 31.5 Å². The summed E-state index contributed by atoms with van der Waals surface area (Å²) in [6.07, 6.45) is 3.63. The Balaban J connectivity index is 0.946. The SMILES string of the molecule is C[C@H]1[C@H](NC(=O)CCC(=O)OCc2ccc3ncnc(Nc4ccc(F)c(Cl)c4)c3c2)O[C@@H]2O[C@@]3(C)CC[C@H]4[C@H](C)CC[C@@H]1[C@@]24OO3. The summed E-state index contributed by atoms with van der Waals surface area (Å²) in [5.74, 6) is -1.04. The van der Waals surface area contributed by atoms with Gasteiger partial charge in [-0.2, -0.15) is 0 Å². The Morgan fingerprint density at radius 1 is 1.06 bits per heavy atom. The van der Waals surface area contributed by atoms with Gasteiger partial charge in [0.05, 0.1) is 17.0 Å². The molecule has 11 nitrogen and oxygen atoms in total. The van der Waals surface area contributed by atoms with Crippen LogP contribution in [0.4, 0.5) is 15.9 Å². The number of amides is 1. The molecule has 4 saturated heterocycles. The highest BCUT2D eigenvalue weighted by atomic mass is 35.5. The number of nitrogens with zero attached hydrogens (tertiary/aromatic N) is 2. The molecule has 13 heteroatoms. The van der Waals surface area contributed by atoms with Crippen LogP contribution in [0.25, 0.3) is 10.9 Å². The molecule has 5 aliphatic rings. The molecule has 8 rings (SSSR count). The van der Waals surface area contributed by atoms with Crippen molar-refractivity contribution in [1.82, 2.24) is 15.3 Å². The van der Waals surface area contributed by atoms with E-state index in [0.717, 1.165) is 19.3 Å². The topological polar surface area (TPSA) is 130 Å². The van der Waals surface area contributed by atoms with E-state index in [1.165, 1.54) is 18.5 Å². The van der Waals surface area contributed by atoms with E-state index in [-0.39, 0.29) is 48.1 Å². The van der Waals surface area contributed by atoms with E-state index in [1.54, 1.807) is 18.2 Å². The van der Waals surface area contributed by atoms with Crippen LogP contribution >= 0.6 is 11.6 Å². The average Bonchev–Trinajstić information content (AvgIpc) is 3.29. The van der Waals surface area contributed by atoms with Gasteiger partial charge in [-0.25, -0.2) is 24.1 Å². The lowest BCUT2D eigenvalue weighted by atomic mass is 9.58.